The summed E-state index contributed by atoms with van der Waals surface area (Å²) in [5, 5.41) is 8.66. The Morgan fingerprint density at radius 2 is 1.90 bits per heavy atom. The van der Waals surface area contributed by atoms with Crippen molar-refractivity contribution in [3.63, 3.8) is 0 Å². The van der Waals surface area contributed by atoms with Crippen LogP contribution in [0.5, 0.6) is 0 Å². The molecule has 0 bridgehead atoms. The normalized spacial score (nSPS) is 15.1. The third-order valence-electron chi connectivity index (χ3n) is 3.48. The number of hydrogen-bond donors (Lipinski definition) is 1. The minimum absolute atomic E-state index is 0.0514. The van der Waals surface area contributed by atoms with Gasteiger partial charge in [-0.05, 0) is 56.9 Å². The van der Waals surface area contributed by atoms with Crippen LogP contribution in [0.15, 0.2) is 29.2 Å². The highest BCUT2D eigenvalue weighted by atomic mass is 32.2. The third-order valence-corrected chi connectivity index (χ3v) is 5.54. The predicted molar refractivity (Wildman–Crippen MR) is 82.2 cm³/mol. The highest BCUT2D eigenvalue weighted by molar-refractivity contribution is 7.89. The number of rotatable bonds is 5. The fraction of sp³-hybridized carbons (Fsp3) is 0.500. The Morgan fingerprint density at radius 3 is 2.38 bits per heavy atom. The summed E-state index contributed by atoms with van der Waals surface area (Å²) in [5.74, 6) is 5.81. The summed E-state index contributed by atoms with van der Waals surface area (Å²) >= 11 is 0. The van der Waals surface area contributed by atoms with Crippen molar-refractivity contribution in [2.45, 2.75) is 37.6 Å². The van der Waals surface area contributed by atoms with Gasteiger partial charge in [0.1, 0.15) is 6.61 Å². The number of sulfonamides is 1. The molecule has 0 saturated heterocycles. The first-order chi connectivity index (χ1) is 9.95. The smallest absolute Gasteiger partial charge is 0.243 e. The van der Waals surface area contributed by atoms with Gasteiger partial charge in [-0.3, -0.25) is 0 Å². The summed E-state index contributed by atoms with van der Waals surface area (Å²) in [6.07, 6.45) is 2.24. The monoisotopic (exact) mass is 307 g/mol. The average Bonchev–Trinajstić information content (AvgIpc) is 3.26. The van der Waals surface area contributed by atoms with Crippen LogP contribution >= 0.6 is 0 Å². The van der Waals surface area contributed by atoms with E-state index in [0.29, 0.717) is 22.9 Å². The van der Waals surface area contributed by atoms with Crippen LogP contribution in [-0.4, -0.2) is 37.0 Å². The Balaban J connectivity index is 2.24. The molecule has 1 aromatic carbocycles. The maximum absolute atomic E-state index is 12.7. The molecule has 1 N–H and O–H groups in total. The minimum Gasteiger partial charge on any atom is -0.384 e. The van der Waals surface area contributed by atoms with Crippen molar-refractivity contribution in [1.82, 2.24) is 4.31 Å². The molecule has 0 radical (unpaired) electrons. The lowest BCUT2D eigenvalue weighted by atomic mass is 10.2. The van der Waals surface area contributed by atoms with Crippen molar-refractivity contribution in [2.75, 3.05) is 13.2 Å². The summed E-state index contributed by atoms with van der Waals surface area (Å²) in [6, 6.07) is 6.46. The molecule has 0 amide bonds. The van der Waals surface area contributed by atoms with Crippen molar-refractivity contribution in [2.24, 2.45) is 5.92 Å². The van der Waals surface area contributed by atoms with Gasteiger partial charge in [0.2, 0.25) is 10.0 Å². The van der Waals surface area contributed by atoms with Crippen LogP contribution in [0.1, 0.15) is 32.3 Å². The van der Waals surface area contributed by atoms with Gasteiger partial charge in [-0.2, -0.15) is 4.31 Å². The number of hydrogen-bond acceptors (Lipinski definition) is 3. The highest BCUT2D eigenvalue weighted by Crippen LogP contribution is 2.32. The van der Waals surface area contributed by atoms with Crippen LogP contribution in [0.4, 0.5) is 0 Å². The fourth-order valence-corrected chi connectivity index (χ4v) is 3.84. The maximum atomic E-state index is 12.7. The maximum Gasteiger partial charge on any atom is 0.243 e. The first-order valence-electron chi connectivity index (χ1n) is 7.17. The van der Waals surface area contributed by atoms with E-state index in [-0.39, 0.29) is 12.6 Å². The molecule has 1 aliphatic rings. The Morgan fingerprint density at radius 1 is 1.29 bits per heavy atom. The van der Waals surface area contributed by atoms with Crippen LogP contribution in [0.3, 0.4) is 0 Å². The van der Waals surface area contributed by atoms with Crippen molar-refractivity contribution < 1.29 is 13.5 Å². The van der Waals surface area contributed by atoms with Crippen molar-refractivity contribution in [3.8, 4) is 11.8 Å². The van der Waals surface area contributed by atoms with Crippen molar-refractivity contribution in [1.29, 1.82) is 0 Å². The molecule has 1 aliphatic carbocycles. The summed E-state index contributed by atoms with van der Waals surface area (Å²) in [5.41, 5.74) is 0.696. The molecule has 0 aromatic heterocycles. The molecular weight excluding hydrogens is 286 g/mol. The summed E-state index contributed by atoms with van der Waals surface area (Å²) in [6.45, 7) is 4.21. The Hall–Kier alpha value is -1.35. The lowest BCUT2D eigenvalue weighted by Gasteiger charge is -2.25. The van der Waals surface area contributed by atoms with E-state index in [2.05, 4.69) is 11.8 Å². The van der Waals surface area contributed by atoms with Gasteiger partial charge in [0.25, 0.3) is 0 Å². The van der Waals surface area contributed by atoms with Gasteiger partial charge in [-0.15, -0.1) is 0 Å². The quantitative estimate of drug-likeness (QED) is 0.845. The van der Waals surface area contributed by atoms with Gasteiger partial charge in [0.05, 0.1) is 4.90 Å². The zero-order valence-corrected chi connectivity index (χ0v) is 13.2. The van der Waals surface area contributed by atoms with Gasteiger partial charge in [0, 0.05) is 18.2 Å². The topological polar surface area (TPSA) is 57.6 Å². The molecule has 114 valence electrons. The molecule has 1 fully saturated rings. The number of nitrogens with zero attached hydrogens (tertiary/aromatic N) is 1. The number of benzene rings is 1. The molecule has 0 aliphatic heterocycles. The summed E-state index contributed by atoms with van der Waals surface area (Å²) < 4.78 is 27.0. The molecule has 0 unspecified atom stereocenters. The van der Waals surface area contributed by atoms with Crippen LogP contribution in [0, 0.1) is 17.8 Å². The van der Waals surface area contributed by atoms with Gasteiger partial charge in [-0.1, -0.05) is 11.8 Å². The van der Waals surface area contributed by atoms with Crippen LogP contribution in [0.2, 0.25) is 0 Å². The predicted octanol–water partition coefficient (Wildman–Crippen LogP) is 1.84. The van der Waals surface area contributed by atoms with Gasteiger partial charge < -0.3 is 5.11 Å². The largest absolute Gasteiger partial charge is 0.384 e. The van der Waals surface area contributed by atoms with Gasteiger partial charge >= 0.3 is 0 Å². The highest BCUT2D eigenvalue weighted by Gasteiger charge is 2.33. The Labute approximate surface area is 126 Å². The standard InChI is InChI=1S/C16H21NO3S/c1-13(2)17(12-15-5-6-15)21(19,20)16-9-7-14(8-10-16)4-3-11-18/h7-10,13,15,18H,5-6,11-12H2,1-2H3. The molecule has 4 nitrogen and oxygen atoms in total. The summed E-state index contributed by atoms with van der Waals surface area (Å²) in [7, 11) is -3.46. The van der Waals surface area contributed by atoms with E-state index >= 15 is 0 Å². The van der Waals surface area contributed by atoms with Gasteiger partial charge in [-0.25, -0.2) is 8.42 Å². The first kappa shape index (κ1) is 16.0. The fourth-order valence-electron chi connectivity index (χ4n) is 2.13. The Bertz CT molecular complexity index is 634. The molecule has 5 heteroatoms. The molecule has 1 saturated carbocycles. The van der Waals surface area contributed by atoms with Gasteiger partial charge in [0.15, 0.2) is 0 Å². The molecule has 1 aromatic rings. The SMILES string of the molecule is CC(C)N(CC1CC1)S(=O)(=O)c1ccc(C#CCO)cc1. The van der Waals surface area contributed by atoms with Crippen LogP contribution in [0.25, 0.3) is 0 Å². The zero-order valence-electron chi connectivity index (χ0n) is 12.4. The Kier molecular flexibility index (Phi) is 5.04. The molecule has 2 rings (SSSR count). The van der Waals surface area contributed by atoms with E-state index in [4.69, 9.17) is 5.11 Å². The summed E-state index contributed by atoms with van der Waals surface area (Å²) in [4.78, 5) is 0.298. The minimum atomic E-state index is -3.46. The second-order valence-corrected chi connectivity index (χ2v) is 7.49. The second-order valence-electron chi connectivity index (χ2n) is 5.60. The van der Waals surface area contributed by atoms with E-state index in [9.17, 15) is 8.42 Å². The zero-order chi connectivity index (χ0) is 15.5. The van der Waals surface area contributed by atoms with E-state index in [1.807, 2.05) is 13.8 Å². The lowest BCUT2D eigenvalue weighted by Crippen LogP contribution is -2.38. The third kappa shape index (κ3) is 4.07. The molecular formula is C16H21NO3S. The number of aliphatic hydroxyl groups is 1. The van der Waals surface area contributed by atoms with Crippen molar-refractivity contribution >= 4 is 10.0 Å². The molecule has 21 heavy (non-hydrogen) atoms. The van der Waals surface area contributed by atoms with Crippen LogP contribution in [-0.2, 0) is 10.0 Å². The van der Waals surface area contributed by atoms with E-state index in [0.717, 1.165) is 12.8 Å². The number of aliphatic hydroxyl groups excluding tert-OH is 1. The molecule has 0 spiro atoms. The average molecular weight is 307 g/mol. The lowest BCUT2D eigenvalue weighted by molar-refractivity contribution is 0.341. The van der Waals surface area contributed by atoms with Crippen molar-refractivity contribution in [3.05, 3.63) is 29.8 Å². The first-order valence-corrected chi connectivity index (χ1v) is 8.61. The van der Waals surface area contributed by atoms with E-state index < -0.39 is 10.0 Å². The molecule has 0 atom stereocenters. The van der Waals surface area contributed by atoms with Crippen LogP contribution < -0.4 is 0 Å². The van der Waals surface area contributed by atoms with E-state index in [1.54, 1.807) is 28.6 Å². The van der Waals surface area contributed by atoms with E-state index in [1.165, 1.54) is 0 Å². The molecule has 0 heterocycles. The second kappa shape index (κ2) is 6.61.